The zero-order valence-corrected chi connectivity index (χ0v) is 35.0. The second kappa shape index (κ2) is 32.0. The predicted octanol–water partition coefficient (Wildman–Crippen LogP) is 6.25. The molecule has 1 saturated carbocycles. The van der Waals surface area contributed by atoms with Gasteiger partial charge in [-0.2, -0.15) is 0 Å². The summed E-state index contributed by atoms with van der Waals surface area (Å²) >= 11 is 0. The largest absolute Gasteiger partial charge is 0.472 e. The lowest BCUT2D eigenvalue weighted by Crippen LogP contribution is -2.64. The quantitative estimate of drug-likeness (QED) is 0.0197. The van der Waals surface area contributed by atoms with Crippen LogP contribution in [0, 0.1) is 0 Å². The van der Waals surface area contributed by atoms with Gasteiger partial charge in [-0.3, -0.25) is 13.8 Å². The molecule has 1 amide bonds. The van der Waals surface area contributed by atoms with E-state index in [1.54, 1.807) is 0 Å². The van der Waals surface area contributed by atoms with Crippen molar-refractivity contribution in [2.45, 2.75) is 236 Å². The summed E-state index contributed by atoms with van der Waals surface area (Å²) in [6.07, 6.45) is 17.2. The number of rotatable bonds is 35. The highest BCUT2D eigenvalue weighted by Crippen LogP contribution is 2.47. The van der Waals surface area contributed by atoms with Crippen LogP contribution in [0.25, 0.3) is 0 Å². The summed E-state index contributed by atoms with van der Waals surface area (Å²) in [4.78, 5) is 23.3. The Morgan fingerprint density at radius 3 is 1.53 bits per heavy atom. The maximum Gasteiger partial charge on any atom is 0.472 e. The van der Waals surface area contributed by atoms with Crippen LogP contribution in [0.2, 0.25) is 0 Å². The van der Waals surface area contributed by atoms with Crippen molar-refractivity contribution in [1.82, 2.24) is 5.32 Å². The van der Waals surface area contributed by atoms with Crippen LogP contribution in [-0.2, 0) is 18.4 Å². The number of nitrogens with one attached hydrogen (secondary N) is 1. The van der Waals surface area contributed by atoms with Gasteiger partial charge >= 0.3 is 7.82 Å². The van der Waals surface area contributed by atoms with Crippen molar-refractivity contribution >= 4 is 13.7 Å². The molecule has 0 aromatic rings. The van der Waals surface area contributed by atoms with E-state index in [0.717, 1.165) is 64.2 Å². The molecular weight excluding hydrogens is 729 g/mol. The fraction of sp³-hybridized carbons (Fsp3) is 0.927. The minimum atomic E-state index is -5.11. The Morgan fingerprint density at radius 2 is 1.04 bits per heavy atom. The lowest BCUT2D eigenvalue weighted by molar-refractivity contribution is -0.220. The third-order valence-electron chi connectivity index (χ3n) is 10.6. The number of hydrogen-bond acceptors (Lipinski definition) is 11. The molecule has 9 N–H and O–H groups in total. The van der Waals surface area contributed by atoms with E-state index in [-0.39, 0.29) is 12.8 Å². The minimum Gasteiger partial charge on any atom is -0.393 e. The summed E-state index contributed by atoms with van der Waals surface area (Å²) < 4.78 is 22.8. The summed E-state index contributed by atoms with van der Waals surface area (Å²) in [5, 5.41) is 74.3. The van der Waals surface area contributed by atoms with Crippen LogP contribution in [0.1, 0.15) is 181 Å². The summed E-state index contributed by atoms with van der Waals surface area (Å²) in [7, 11) is -5.11. The van der Waals surface area contributed by atoms with E-state index in [2.05, 4.69) is 31.3 Å². The van der Waals surface area contributed by atoms with Gasteiger partial charge in [0.1, 0.15) is 36.6 Å². The maximum absolute atomic E-state index is 12.9. The minimum absolute atomic E-state index is 0.236. The van der Waals surface area contributed by atoms with Crippen molar-refractivity contribution in [3.05, 3.63) is 12.2 Å². The summed E-state index contributed by atoms with van der Waals surface area (Å²) in [5.74, 6) is -0.575. The Balaban J connectivity index is 2.54. The van der Waals surface area contributed by atoms with Gasteiger partial charge in [-0.25, -0.2) is 4.57 Å². The Labute approximate surface area is 331 Å². The van der Waals surface area contributed by atoms with Gasteiger partial charge in [0.2, 0.25) is 5.91 Å². The van der Waals surface area contributed by atoms with Crippen molar-refractivity contribution in [3.63, 3.8) is 0 Å². The molecule has 0 radical (unpaired) electrons. The Kier molecular flexibility index (Phi) is 30.3. The van der Waals surface area contributed by atoms with Crippen LogP contribution >= 0.6 is 7.82 Å². The molecule has 0 aromatic carbocycles. The highest BCUT2D eigenvalue weighted by Gasteiger charge is 2.51. The van der Waals surface area contributed by atoms with Gasteiger partial charge in [-0.15, -0.1) is 0 Å². The van der Waals surface area contributed by atoms with Crippen LogP contribution in [-0.4, -0.2) is 108 Å². The third kappa shape index (κ3) is 24.5. The number of aliphatic hydroxyl groups excluding tert-OH is 7. The first-order valence-corrected chi connectivity index (χ1v) is 23.2. The number of hydrogen-bond donors (Lipinski definition) is 9. The summed E-state index contributed by atoms with van der Waals surface area (Å²) in [6, 6.07) is -1.16. The van der Waals surface area contributed by atoms with Crippen LogP contribution in [0.3, 0.4) is 0 Å². The van der Waals surface area contributed by atoms with Crippen LogP contribution in [0.15, 0.2) is 12.2 Å². The number of amides is 1. The average Bonchev–Trinajstić information content (AvgIpc) is 3.15. The molecule has 0 aromatic heterocycles. The van der Waals surface area contributed by atoms with Gasteiger partial charge in [0.15, 0.2) is 0 Å². The number of phosphoric acid groups is 1. The average molecular weight is 810 g/mol. The smallest absolute Gasteiger partial charge is 0.393 e. The van der Waals surface area contributed by atoms with Gasteiger partial charge in [-0.05, 0) is 32.1 Å². The molecule has 0 aliphatic heterocycles. The highest BCUT2D eigenvalue weighted by molar-refractivity contribution is 7.47. The van der Waals surface area contributed by atoms with Crippen LogP contribution < -0.4 is 5.32 Å². The van der Waals surface area contributed by atoms with Crippen molar-refractivity contribution in [2.24, 2.45) is 0 Å². The van der Waals surface area contributed by atoms with Gasteiger partial charge in [0.05, 0.1) is 31.3 Å². The first-order chi connectivity index (χ1) is 26.3. The molecule has 1 aliphatic rings. The van der Waals surface area contributed by atoms with E-state index in [0.29, 0.717) is 12.8 Å². The van der Waals surface area contributed by atoms with Gasteiger partial charge in [-0.1, -0.05) is 154 Å². The zero-order chi connectivity index (χ0) is 40.9. The maximum atomic E-state index is 12.9. The van der Waals surface area contributed by atoms with E-state index in [1.807, 2.05) is 0 Å². The number of unbranched alkanes of at least 4 members (excludes halogenated alkanes) is 20. The Hall–Kier alpha value is -0.960. The molecule has 1 aliphatic carbocycles. The number of aliphatic hydroxyl groups is 7. The molecule has 13 nitrogen and oxygen atoms in total. The highest BCUT2D eigenvalue weighted by atomic mass is 31.2. The van der Waals surface area contributed by atoms with E-state index in [1.165, 1.54) is 77.0 Å². The molecule has 0 spiro atoms. The van der Waals surface area contributed by atoms with E-state index < -0.39 is 75.2 Å². The molecule has 8 unspecified atom stereocenters. The van der Waals surface area contributed by atoms with Crippen molar-refractivity contribution < 1.29 is 59.0 Å². The molecule has 1 fully saturated rings. The number of carbonyl (C=O) groups excluding carboxylic acids is 1. The number of carbonyl (C=O) groups is 1. The first kappa shape index (κ1) is 52.1. The zero-order valence-electron chi connectivity index (χ0n) is 34.1. The van der Waals surface area contributed by atoms with Crippen molar-refractivity contribution in [1.29, 1.82) is 0 Å². The second-order valence-electron chi connectivity index (χ2n) is 15.7. The standard InChI is InChI=1S/C41H80NO12P/c1-3-5-7-9-11-13-14-15-16-17-18-19-20-21-23-25-27-29-34(44)33(42-35(45)30-32(43)28-26-24-22-12-10-8-6-4-2)31-53-55(51,52)54-41-39(49)37(47)36(46)38(48)40(41)50/h10,12,32-34,36-41,43-44,46-50H,3-9,11,13-31H2,1-2H3,(H,42,45)(H,51,52)/b12-10-. The molecule has 0 heterocycles. The number of phosphoric ester groups is 1. The molecule has 8 atom stereocenters. The van der Waals surface area contributed by atoms with Crippen LogP contribution in [0.5, 0.6) is 0 Å². The second-order valence-corrected chi connectivity index (χ2v) is 17.1. The predicted molar refractivity (Wildman–Crippen MR) is 215 cm³/mol. The lowest BCUT2D eigenvalue weighted by Gasteiger charge is -2.41. The van der Waals surface area contributed by atoms with Crippen molar-refractivity contribution in [2.75, 3.05) is 6.61 Å². The summed E-state index contributed by atoms with van der Waals surface area (Å²) in [5.41, 5.74) is 0. The molecule has 1 rings (SSSR count). The molecule has 326 valence electrons. The van der Waals surface area contributed by atoms with Gasteiger partial charge < -0.3 is 46.0 Å². The number of allylic oxidation sites excluding steroid dienone is 2. The van der Waals surface area contributed by atoms with E-state index in [9.17, 15) is 50.0 Å². The Morgan fingerprint density at radius 1 is 0.618 bits per heavy atom. The topological polar surface area (TPSA) is 226 Å². The lowest BCUT2D eigenvalue weighted by atomic mass is 9.85. The van der Waals surface area contributed by atoms with Gasteiger partial charge in [0, 0.05) is 0 Å². The normalized spacial score (nSPS) is 24.5. The van der Waals surface area contributed by atoms with Crippen molar-refractivity contribution in [3.8, 4) is 0 Å². The first-order valence-electron chi connectivity index (χ1n) is 21.7. The Bertz CT molecular complexity index is 1010. The third-order valence-corrected chi connectivity index (χ3v) is 11.6. The fourth-order valence-corrected chi connectivity index (χ4v) is 7.96. The molecular formula is C41H80NO12P. The SMILES string of the molecule is CCCC/C=C\CCCCC(O)CC(=O)NC(COP(=O)(O)OC1C(O)C(O)C(O)C(O)C1O)C(O)CCCCCCCCCCCCCCCCCCC. The monoisotopic (exact) mass is 810 g/mol. The summed E-state index contributed by atoms with van der Waals surface area (Å²) in [6.45, 7) is 3.70. The fourth-order valence-electron chi connectivity index (χ4n) is 6.99. The molecule has 0 saturated heterocycles. The van der Waals surface area contributed by atoms with Crippen LogP contribution in [0.4, 0.5) is 0 Å². The molecule has 55 heavy (non-hydrogen) atoms. The van der Waals surface area contributed by atoms with Gasteiger partial charge in [0.25, 0.3) is 0 Å². The molecule has 0 bridgehead atoms. The van der Waals surface area contributed by atoms with E-state index >= 15 is 0 Å². The van der Waals surface area contributed by atoms with E-state index in [4.69, 9.17) is 9.05 Å². The molecule has 14 heteroatoms.